The molecule has 0 radical (unpaired) electrons. The average molecular weight is 360 g/mol. The lowest BCUT2D eigenvalue weighted by atomic mass is 9.93. The minimum absolute atomic E-state index is 0.0380. The zero-order valence-electron chi connectivity index (χ0n) is 14.1. The van der Waals surface area contributed by atoms with Crippen molar-refractivity contribution >= 4 is 11.8 Å². The van der Waals surface area contributed by atoms with E-state index in [1.807, 2.05) is 0 Å². The predicted octanol–water partition coefficient (Wildman–Crippen LogP) is -0.845. The van der Waals surface area contributed by atoms with Gasteiger partial charge in [0, 0.05) is 49.9 Å². The maximum Gasteiger partial charge on any atom is 0.328 e. The van der Waals surface area contributed by atoms with E-state index in [1.165, 1.54) is 16.8 Å². The molecule has 3 heterocycles. The van der Waals surface area contributed by atoms with Crippen LogP contribution >= 0.6 is 0 Å². The number of nitrogens with two attached hydrogens (primary N) is 1. The fraction of sp³-hybridized carbons (Fsp3) is 0.438. The van der Waals surface area contributed by atoms with Crippen LogP contribution in [0.15, 0.2) is 27.9 Å². The number of aryl methyl sites for hydroxylation is 1. The number of carbonyl (C=O) groups is 2. The van der Waals surface area contributed by atoms with Crippen molar-refractivity contribution in [2.45, 2.75) is 31.7 Å². The monoisotopic (exact) mass is 360 g/mol. The van der Waals surface area contributed by atoms with Gasteiger partial charge in [-0.1, -0.05) is 0 Å². The summed E-state index contributed by atoms with van der Waals surface area (Å²) >= 11 is 0. The lowest BCUT2D eigenvalue weighted by Gasteiger charge is -2.31. The van der Waals surface area contributed by atoms with E-state index in [2.05, 4.69) is 15.2 Å². The van der Waals surface area contributed by atoms with Crippen molar-refractivity contribution in [1.29, 1.82) is 0 Å². The smallest absolute Gasteiger partial charge is 0.328 e. The van der Waals surface area contributed by atoms with Crippen LogP contribution in [0.4, 0.5) is 0 Å². The van der Waals surface area contributed by atoms with Crippen LogP contribution in [-0.4, -0.2) is 49.6 Å². The number of hydrogen-bond acceptors (Lipinski definition) is 5. The van der Waals surface area contributed by atoms with Crippen molar-refractivity contribution in [3.63, 3.8) is 0 Å². The Balaban J connectivity index is 1.52. The molecule has 3 rings (SSSR count). The van der Waals surface area contributed by atoms with Crippen LogP contribution in [-0.2, 0) is 11.3 Å². The summed E-state index contributed by atoms with van der Waals surface area (Å²) in [5, 5.41) is 6.72. The fourth-order valence-corrected chi connectivity index (χ4v) is 3.11. The summed E-state index contributed by atoms with van der Waals surface area (Å²) in [5.74, 6) is -0.414. The molecule has 0 aromatic carbocycles. The molecule has 10 nitrogen and oxygen atoms in total. The Morgan fingerprint density at radius 2 is 2.00 bits per heavy atom. The summed E-state index contributed by atoms with van der Waals surface area (Å²) in [6.45, 7) is 1.40. The first-order valence-corrected chi connectivity index (χ1v) is 8.36. The molecule has 1 aliphatic rings. The molecular formula is C16H20N6O4. The van der Waals surface area contributed by atoms with Crippen molar-refractivity contribution in [2.24, 2.45) is 5.73 Å². The van der Waals surface area contributed by atoms with Gasteiger partial charge in [0.1, 0.15) is 5.69 Å². The van der Waals surface area contributed by atoms with Crippen LogP contribution in [0.25, 0.3) is 0 Å². The van der Waals surface area contributed by atoms with Gasteiger partial charge in [0.15, 0.2) is 0 Å². The van der Waals surface area contributed by atoms with Crippen LogP contribution < -0.4 is 17.0 Å². The second-order valence-electron chi connectivity index (χ2n) is 6.28. The number of hydrogen-bond donors (Lipinski definition) is 3. The zero-order chi connectivity index (χ0) is 18.7. The van der Waals surface area contributed by atoms with Gasteiger partial charge in [-0.2, -0.15) is 5.10 Å². The van der Waals surface area contributed by atoms with E-state index in [0.717, 1.165) is 18.5 Å². The van der Waals surface area contributed by atoms with E-state index in [1.54, 1.807) is 11.0 Å². The molecule has 26 heavy (non-hydrogen) atoms. The Morgan fingerprint density at radius 3 is 2.62 bits per heavy atom. The maximum absolute atomic E-state index is 12.3. The SMILES string of the molecule is NC(=O)c1cc(C2CCN(C(=O)CCn3ccc(=O)[nH]c3=O)CC2)[nH]n1. The van der Waals surface area contributed by atoms with Crippen LogP contribution in [0, 0.1) is 0 Å². The molecule has 0 saturated carbocycles. The van der Waals surface area contributed by atoms with Gasteiger partial charge in [-0.25, -0.2) is 4.79 Å². The van der Waals surface area contributed by atoms with Crippen LogP contribution in [0.5, 0.6) is 0 Å². The molecule has 1 fully saturated rings. The van der Waals surface area contributed by atoms with Crippen molar-refractivity contribution in [3.05, 3.63) is 50.6 Å². The molecule has 0 atom stereocenters. The number of primary amides is 1. The van der Waals surface area contributed by atoms with Gasteiger partial charge in [-0.15, -0.1) is 0 Å². The first kappa shape index (κ1) is 17.6. The summed E-state index contributed by atoms with van der Waals surface area (Å²) in [4.78, 5) is 50.0. The molecule has 0 unspecified atom stereocenters. The largest absolute Gasteiger partial charge is 0.364 e. The van der Waals surface area contributed by atoms with Gasteiger partial charge in [-0.3, -0.25) is 24.5 Å². The molecule has 0 aliphatic carbocycles. The number of rotatable bonds is 5. The van der Waals surface area contributed by atoms with Crippen LogP contribution in [0.1, 0.15) is 41.4 Å². The second-order valence-corrected chi connectivity index (χ2v) is 6.28. The Kier molecular flexibility index (Phi) is 5.01. The highest BCUT2D eigenvalue weighted by Gasteiger charge is 2.25. The molecule has 2 aromatic heterocycles. The maximum atomic E-state index is 12.3. The van der Waals surface area contributed by atoms with Gasteiger partial charge in [-0.05, 0) is 18.9 Å². The number of aromatic amines is 2. The quantitative estimate of drug-likeness (QED) is 0.636. The summed E-state index contributed by atoms with van der Waals surface area (Å²) in [7, 11) is 0. The highest BCUT2D eigenvalue weighted by atomic mass is 16.2. The molecule has 10 heteroatoms. The van der Waals surface area contributed by atoms with E-state index in [0.29, 0.717) is 13.1 Å². The van der Waals surface area contributed by atoms with Crippen LogP contribution in [0.3, 0.4) is 0 Å². The highest BCUT2D eigenvalue weighted by Crippen LogP contribution is 2.27. The minimum Gasteiger partial charge on any atom is -0.364 e. The van der Waals surface area contributed by atoms with Crippen molar-refractivity contribution in [3.8, 4) is 0 Å². The number of nitrogens with zero attached hydrogens (tertiary/aromatic N) is 3. The summed E-state index contributed by atoms with van der Waals surface area (Å²) in [5.41, 5.74) is 5.29. The topological polar surface area (TPSA) is 147 Å². The lowest BCUT2D eigenvalue weighted by Crippen LogP contribution is -2.39. The van der Waals surface area contributed by atoms with Gasteiger partial charge in [0.2, 0.25) is 5.91 Å². The van der Waals surface area contributed by atoms with E-state index in [9.17, 15) is 19.2 Å². The molecule has 1 aliphatic heterocycles. The summed E-state index contributed by atoms with van der Waals surface area (Å²) in [6.07, 6.45) is 3.08. The molecule has 2 aromatic rings. The molecule has 0 bridgehead atoms. The molecule has 1 saturated heterocycles. The zero-order valence-corrected chi connectivity index (χ0v) is 14.1. The Bertz CT molecular complexity index is 919. The van der Waals surface area contributed by atoms with Gasteiger partial charge < -0.3 is 15.2 Å². The molecular weight excluding hydrogens is 340 g/mol. The summed E-state index contributed by atoms with van der Waals surface area (Å²) < 4.78 is 1.31. The third-order valence-electron chi connectivity index (χ3n) is 4.60. The third kappa shape index (κ3) is 3.90. The average Bonchev–Trinajstić information content (AvgIpc) is 3.11. The number of aromatic nitrogens is 4. The molecule has 0 spiro atoms. The minimum atomic E-state index is -0.572. The van der Waals surface area contributed by atoms with Crippen LogP contribution in [0.2, 0.25) is 0 Å². The van der Waals surface area contributed by atoms with Gasteiger partial charge in [0.25, 0.3) is 11.5 Å². The normalized spacial score (nSPS) is 15.2. The number of nitrogens with one attached hydrogen (secondary N) is 2. The standard InChI is InChI=1S/C16H20N6O4/c17-15(25)12-9-11(19-20-12)10-1-5-21(6-2-10)14(24)4-8-22-7-3-13(23)18-16(22)26/h3,7,9-10H,1-2,4-6,8H2,(H2,17,25)(H,19,20)(H,18,23,26). The number of likely N-dealkylation sites (tertiary alicyclic amines) is 1. The first-order chi connectivity index (χ1) is 12.4. The molecule has 138 valence electrons. The lowest BCUT2D eigenvalue weighted by molar-refractivity contribution is -0.132. The van der Waals surface area contributed by atoms with Crippen molar-refractivity contribution in [2.75, 3.05) is 13.1 Å². The molecule has 2 amide bonds. The molecule has 4 N–H and O–H groups in total. The van der Waals surface area contributed by atoms with E-state index in [-0.39, 0.29) is 30.5 Å². The van der Waals surface area contributed by atoms with Gasteiger partial charge in [0.05, 0.1) is 0 Å². The fourth-order valence-electron chi connectivity index (χ4n) is 3.11. The Labute approximate surface area is 148 Å². The highest BCUT2D eigenvalue weighted by molar-refractivity contribution is 5.90. The predicted molar refractivity (Wildman–Crippen MR) is 91.6 cm³/mol. The van der Waals surface area contributed by atoms with E-state index in [4.69, 9.17) is 5.73 Å². The van der Waals surface area contributed by atoms with Crippen molar-refractivity contribution in [1.82, 2.24) is 24.6 Å². The first-order valence-electron chi connectivity index (χ1n) is 8.36. The number of H-pyrrole nitrogens is 2. The Hall–Kier alpha value is -3.17. The Morgan fingerprint density at radius 1 is 1.27 bits per heavy atom. The van der Waals surface area contributed by atoms with E-state index < -0.39 is 17.2 Å². The number of carbonyl (C=O) groups excluding carboxylic acids is 2. The number of amides is 2. The van der Waals surface area contributed by atoms with E-state index >= 15 is 0 Å². The van der Waals surface area contributed by atoms with Crippen molar-refractivity contribution < 1.29 is 9.59 Å². The number of piperidine rings is 1. The van der Waals surface area contributed by atoms with Gasteiger partial charge >= 0.3 is 5.69 Å². The summed E-state index contributed by atoms with van der Waals surface area (Å²) in [6, 6.07) is 2.91. The third-order valence-corrected chi connectivity index (χ3v) is 4.60. The second kappa shape index (κ2) is 7.38.